The molecule has 0 amide bonds. The molecule has 3 rings (SSSR count). The number of aromatic nitrogens is 1. The van der Waals surface area contributed by atoms with E-state index in [9.17, 15) is 4.79 Å². The van der Waals surface area contributed by atoms with Crippen molar-refractivity contribution in [3.63, 3.8) is 0 Å². The van der Waals surface area contributed by atoms with Crippen LogP contribution in [0.5, 0.6) is 0 Å². The number of carbonyl (C=O) groups excluding carboxylic acids is 1. The minimum absolute atomic E-state index is 0.236. The molecule has 100 valence electrons. The summed E-state index contributed by atoms with van der Waals surface area (Å²) in [4.78, 5) is 19.9. The van der Waals surface area contributed by atoms with Crippen LogP contribution in [-0.2, 0) is 16.1 Å². The first-order chi connectivity index (χ1) is 9.78. The Labute approximate surface area is 116 Å². The monoisotopic (exact) mass is 266 g/mol. The van der Waals surface area contributed by atoms with E-state index in [1.165, 1.54) is 0 Å². The lowest BCUT2D eigenvalue weighted by molar-refractivity contribution is -0.144. The zero-order valence-electron chi connectivity index (χ0n) is 10.9. The van der Waals surface area contributed by atoms with Crippen LogP contribution in [0.4, 0.5) is 0 Å². The van der Waals surface area contributed by atoms with Crippen molar-refractivity contribution < 1.29 is 9.63 Å². The van der Waals surface area contributed by atoms with Crippen LogP contribution in [0.25, 0.3) is 21.7 Å². The van der Waals surface area contributed by atoms with E-state index in [1.807, 2.05) is 24.3 Å². The second kappa shape index (κ2) is 5.27. The van der Waals surface area contributed by atoms with Crippen molar-refractivity contribution in [2.45, 2.75) is 12.8 Å². The number of carbonyl (C=O) groups is 1. The highest BCUT2D eigenvalue weighted by Gasteiger charge is 2.06. The van der Waals surface area contributed by atoms with Gasteiger partial charge in [0.25, 0.3) is 0 Å². The zero-order chi connectivity index (χ0) is 13.9. The van der Waals surface area contributed by atoms with Crippen molar-refractivity contribution in [3.8, 4) is 0 Å². The van der Waals surface area contributed by atoms with Crippen LogP contribution in [0.2, 0.25) is 0 Å². The Hall–Kier alpha value is -2.46. The first kappa shape index (κ1) is 12.6. The van der Waals surface area contributed by atoms with E-state index < -0.39 is 5.97 Å². The Morgan fingerprint density at radius 1 is 1.05 bits per heavy atom. The second-order valence-corrected chi connectivity index (χ2v) is 4.65. The molecule has 0 aliphatic carbocycles. The van der Waals surface area contributed by atoms with Gasteiger partial charge in [-0.2, -0.15) is 5.90 Å². The van der Waals surface area contributed by atoms with E-state index >= 15 is 0 Å². The number of rotatable bonds is 3. The molecule has 0 atom stereocenters. The highest BCUT2D eigenvalue weighted by molar-refractivity contribution is 6.05. The van der Waals surface area contributed by atoms with E-state index in [2.05, 4.69) is 34.1 Å². The van der Waals surface area contributed by atoms with Gasteiger partial charge in [0.1, 0.15) is 0 Å². The largest absolute Gasteiger partial charge is 0.373 e. The highest BCUT2D eigenvalue weighted by Crippen LogP contribution is 2.24. The normalized spacial score (nSPS) is 10.8. The molecule has 0 saturated heterocycles. The maximum absolute atomic E-state index is 11.1. The maximum Gasteiger partial charge on any atom is 0.324 e. The third-order valence-electron chi connectivity index (χ3n) is 3.36. The summed E-state index contributed by atoms with van der Waals surface area (Å²) in [7, 11) is 0. The molecule has 0 aliphatic rings. The van der Waals surface area contributed by atoms with Gasteiger partial charge in [-0.05, 0) is 11.5 Å². The average Bonchev–Trinajstić information content (AvgIpc) is 2.52. The van der Waals surface area contributed by atoms with E-state index in [1.54, 1.807) is 0 Å². The van der Waals surface area contributed by atoms with Gasteiger partial charge in [-0.1, -0.05) is 42.5 Å². The zero-order valence-corrected chi connectivity index (χ0v) is 10.9. The summed E-state index contributed by atoms with van der Waals surface area (Å²) in [5, 5.41) is 3.37. The molecule has 1 aromatic heterocycles. The number of nitrogens with zero attached hydrogens (tertiary/aromatic N) is 1. The average molecular weight is 266 g/mol. The first-order valence-corrected chi connectivity index (χ1v) is 6.45. The van der Waals surface area contributed by atoms with Gasteiger partial charge >= 0.3 is 5.97 Å². The third kappa shape index (κ3) is 2.33. The van der Waals surface area contributed by atoms with Crippen LogP contribution in [0, 0.1) is 0 Å². The fourth-order valence-electron chi connectivity index (χ4n) is 2.33. The van der Waals surface area contributed by atoms with E-state index in [4.69, 9.17) is 5.90 Å². The van der Waals surface area contributed by atoms with Crippen LogP contribution in [0.3, 0.4) is 0 Å². The van der Waals surface area contributed by atoms with Gasteiger partial charge in [-0.3, -0.25) is 9.78 Å². The molecule has 0 bridgehead atoms. The van der Waals surface area contributed by atoms with Gasteiger partial charge in [-0.25, -0.2) is 0 Å². The Kier molecular flexibility index (Phi) is 3.31. The topological polar surface area (TPSA) is 65.2 Å². The fraction of sp³-hybridized carbons (Fsp3) is 0.125. The van der Waals surface area contributed by atoms with E-state index in [-0.39, 0.29) is 6.42 Å². The standard InChI is InChI=1S/C16H14N2O2/c17-20-15(19)10-9-13-8-7-12-6-5-11-3-1-2-4-14(11)16(12)18-13/h1-8H,9-10,17H2. The summed E-state index contributed by atoms with van der Waals surface area (Å²) in [6.45, 7) is 0. The number of hydrogen-bond acceptors (Lipinski definition) is 4. The number of hydrogen-bond donors (Lipinski definition) is 1. The van der Waals surface area contributed by atoms with Crippen LogP contribution in [-0.4, -0.2) is 11.0 Å². The summed E-state index contributed by atoms with van der Waals surface area (Å²) >= 11 is 0. The van der Waals surface area contributed by atoms with Crippen molar-refractivity contribution >= 4 is 27.6 Å². The predicted molar refractivity (Wildman–Crippen MR) is 77.8 cm³/mol. The molecule has 2 N–H and O–H groups in total. The lowest BCUT2D eigenvalue weighted by Crippen LogP contribution is -2.10. The van der Waals surface area contributed by atoms with Gasteiger partial charge in [-0.15, -0.1) is 0 Å². The molecule has 2 aromatic carbocycles. The smallest absolute Gasteiger partial charge is 0.324 e. The Bertz CT molecular complexity index is 784. The fourth-order valence-corrected chi connectivity index (χ4v) is 2.33. The summed E-state index contributed by atoms with van der Waals surface area (Å²) in [5.74, 6) is 4.41. The SMILES string of the molecule is NOC(=O)CCc1ccc2ccc3ccccc3c2n1. The van der Waals surface area contributed by atoms with Crippen molar-refractivity contribution in [2.75, 3.05) is 0 Å². The van der Waals surface area contributed by atoms with Crippen LogP contribution >= 0.6 is 0 Å². The second-order valence-electron chi connectivity index (χ2n) is 4.65. The molecule has 3 aromatic rings. The van der Waals surface area contributed by atoms with Gasteiger partial charge in [0, 0.05) is 22.9 Å². The number of benzene rings is 2. The highest BCUT2D eigenvalue weighted by atomic mass is 16.7. The summed E-state index contributed by atoms with van der Waals surface area (Å²) < 4.78 is 0. The minimum atomic E-state index is -0.426. The molecule has 0 aliphatic heterocycles. The van der Waals surface area contributed by atoms with Gasteiger partial charge in [0.05, 0.1) is 11.9 Å². The van der Waals surface area contributed by atoms with Crippen molar-refractivity contribution in [2.24, 2.45) is 5.90 Å². The number of aryl methyl sites for hydroxylation is 1. The molecule has 20 heavy (non-hydrogen) atoms. The Morgan fingerprint density at radius 2 is 1.80 bits per heavy atom. The summed E-state index contributed by atoms with van der Waals surface area (Å²) in [5.41, 5.74) is 1.82. The minimum Gasteiger partial charge on any atom is -0.373 e. The van der Waals surface area contributed by atoms with Crippen LogP contribution < -0.4 is 5.90 Å². The first-order valence-electron chi connectivity index (χ1n) is 6.45. The molecule has 1 heterocycles. The number of fused-ring (bicyclic) bond motifs is 3. The molecular formula is C16H14N2O2. The molecule has 0 unspecified atom stereocenters. The molecular weight excluding hydrogens is 252 g/mol. The van der Waals surface area contributed by atoms with E-state index in [0.717, 1.165) is 27.4 Å². The maximum atomic E-state index is 11.1. The van der Waals surface area contributed by atoms with Crippen molar-refractivity contribution in [1.29, 1.82) is 0 Å². The quantitative estimate of drug-likeness (QED) is 0.584. The molecule has 0 radical (unpaired) electrons. The Balaban J connectivity index is 2.04. The molecule has 4 nitrogen and oxygen atoms in total. The van der Waals surface area contributed by atoms with Gasteiger partial charge in [0.2, 0.25) is 0 Å². The van der Waals surface area contributed by atoms with Crippen LogP contribution in [0.1, 0.15) is 12.1 Å². The molecule has 0 fully saturated rings. The summed E-state index contributed by atoms with van der Waals surface area (Å²) in [6.07, 6.45) is 0.759. The van der Waals surface area contributed by atoms with Crippen molar-refractivity contribution in [3.05, 3.63) is 54.2 Å². The third-order valence-corrected chi connectivity index (χ3v) is 3.36. The lowest BCUT2D eigenvalue weighted by atomic mass is 10.1. The Morgan fingerprint density at radius 3 is 2.65 bits per heavy atom. The predicted octanol–water partition coefficient (Wildman–Crippen LogP) is 2.74. The lowest BCUT2D eigenvalue weighted by Gasteiger charge is -2.05. The summed E-state index contributed by atoms with van der Waals surface area (Å²) in [6, 6.07) is 16.2. The number of pyridine rings is 1. The van der Waals surface area contributed by atoms with Gasteiger partial charge in [0.15, 0.2) is 0 Å². The van der Waals surface area contributed by atoms with Gasteiger partial charge < -0.3 is 4.84 Å². The molecule has 0 saturated carbocycles. The number of nitrogens with two attached hydrogens (primary N) is 1. The molecule has 4 heteroatoms. The van der Waals surface area contributed by atoms with Crippen molar-refractivity contribution in [1.82, 2.24) is 4.98 Å². The van der Waals surface area contributed by atoms with E-state index in [0.29, 0.717) is 6.42 Å². The molecule has 0 spiro atoms. The van der Waals surface area contributed by atoms with Crippen LogP contribution in [0.15, 0.2) is 48.5 Å².